The lowest BCUT2D eigenvalue weighted by Crippen LogP contribution is -2.34. The predicted octanol–water partition coefficient (Wildman–Crippen LogP) is 3.36. The fourth-order valence-corrected chi connectivity index (χ4v) is 2.35. The summed E-state index contributed by atoms with van der Waals surface area (Å²) in [6, 6.07) is 2.84. The number of ether oxygens (including phenoxy) is 1. The molecule has 0 bridgehead atoms. The topological polar surface area (TPSA) is 21.3 Å². The summed E-state index contributed by atoms with van der Waals surface area (Å²) in [5, 5.41) is 3.07. The summed E-state index contributed by atoms with van der Waals surface area (Å²) in [6.45, 7) is 3.31. The lowest BCUT2D eigenvalue weighted by Gasteiger charge is -2.21. The highest BCUT2D eigenvalue weighted by Gasteiger charge is 2.33. The van der Waals surface area contributed by atoms with Gasteiger partial charge in [0.05, 0.1) is 12.2 Å². The maximum Gasteiger partial charge on any atom is 0.416 e. The fourth-order valence-electron chi connectivity index (χ4n) is 2.35. The molecule has 0 aromatic heterocycles. The molecule has 0 amide bonds. The van der Waals surface area contributed by atoms with Crippen molar-refractivity contribution in [1.82, 2.24) is 5.32 Å². The summed E-state index contributed by atoms with van der Waals surface area (Å²) in [5.41, 5.74) is -0.857. The second-order valence-corrected chi connectivity index (χ2v) is 5.09. The maximum atomic E-state index is 13.0. The van der Waals surface area contributed by atoms with Gasteiger partial charge in [-0.1, -0.05) is 6.07 Å². The average molecular weight is 291 g/mol. The summed E-state index contributed by atoms with van der Waals surface area (Å²) in [6.07, 6.45) is -3.64. The molecule has 1 saturated heterocycles. The Morgan fingerprint density at radius 1 is 1.40 bits per heavy atom. The lowest BCUT2D eigenvalue weighted by molar-refractivity contribution is -0.138. The number of rotatable bonds is 4. The van der Waals surface area contributed by atoms with Crippen molar-refractivity contribution in [3.63, 3.8) is 0 Å². The Hall–Kier alpha value is -1.14. The van der Waals surface area contributed by atoms with E-state index in [1.165, 1.54) is 6.07 Å². The smallest absolute Gasteiger partial charge is 0.381 e. The van der Waals surface area contributed by atoms with Gasteiger partial charge in [-0.05, 0) is 37.0 Å². The Balaban J connectivity index is 2.05. The van der Waals surface area contributed by atoms with Crippen LogP contribution in [0.4, 0.5) is 17.6 Å². The third-order valence-corrected chi connectivity index (χ3v) is 3.66. The normalized spacial score (nSPS) is 21.1. The van der Waals surface area contributed by atoms with Gasteiger partial charge in [0, 0.05) is 19.2 Å². The van der Waals surface area contributed by atoms with Crippen molar-refractivity contribution in [2.75, 3.05) is 13.2 Å². The van der Waals surface area contributed by atoms with Crippen LogP contribution in [0, 0.1) is 11.7 Å². The molecule has 1 aromatic rings. The molecule has 2 rings (SSSR count). The second kappa shape index (κ2) is 6.10. The number of nitrogens with one attached hydrogen (secondary N) is 1. The van der Waals surface area contributed by atoms with Crippen LogP contribution in [-0.4, -0.2) is 19.3 Å². The monoisotopic (exact) mass is 291 g/mol. The molecule has 20 heavy (non-hydrogen) atoms. The van der Waals surface area contributed by atoms with Gasteiger partial charge in [-0.15, -0.1) is 0 Å². The summed E-state index contributed by atoms with van der Waals surface area (Å²) < 4.78 is 56.8. The number of hydrogen-bond acceptors (Lipinski definition) is 2. The van der Waals surface area contributed by atoms with E-state index in [1.807, 2.05) is 6.92 Å². The Morgan fingerprint density at radius 2 is 2.15 bits per heavy atom. The molecule has 1 aliphatic heterocycles. The van der Waals surface area contributed by atoms with E-state index in [9.17, 15) is 17.6 Å². The molecule has 0 radical (unpaired) electrons. The van der Waals surface area contributed by atoms with Gasteiger partial charge >= 0.3 is 6.18 Å². The largest absolute Gasteiger partial charge is 0.416 e. The minimum atomic E-state index is -4.54. The molecule has 2 atom stereocenters. The minimum Gasteiger partial charge on any atom is -0.381 e. The molecule has 0 spiro atoms. The number of halogens is 4. The number of alkyl halides is 3. The molecule has 1 fully saturated rings. The molecule has 0 saturated carbocycles. The standard InChI is InChI=1S/C14H17F4NO/c1-9(11-4-5-20-8-11)19-7-10-2-3-12(15)6-13(10)14(16,17)18/h2-3,6,9,11,19H,4-5,7-8H2,1H3. The van der Waals surface area contributed by atoms with E-state index in [1.54, 1.807) is 0 Å². The minimum absolute atomic E-state index is 0.0589. The molecular weight excluding hydrogens is 274 g/mol. The molecule has 1 aromatic carbocycles. The van der Waals surface area contributed by atoms with Crippen molar-refractivity contribution >= 4 is 0 Å². The third kappa shape index (κ3) is 3.70. The van der Waals surface area contributed by atoms with Gasteiger partial charge < -0.3 is 10.1 Å². The first-order valence-corrected chi connectivity index (χ1v) is 6.54. The van der Waals surface area contributed by atoms with Crippen molar-refractivity contribution in [3.05, 3.63) is 35.1 Å². The molecule has 6 heteroatoms. The van der Waals surface area contributed by atoms with Crippen LogP contribution in [0.3, 0.4) is 0 Å². The zero-order chi connectivity index (χ0) is 14.8. The third-order valence-electron chi connectivity index (χ3n) is 3.66. The van der Waals surface area contributed by atoms with Gasteiger partial charge in [-0.25, -0.2) is 4.39 Å². The van der Waals surface area contributed by atoms with Crippen molar-refractivity contribution in [1.29, 1.82) is 0 Å². The first kappa shape index (κ1) is 15.3. The molecule has 2 nitrogen and oxygen atoms in total. The Bertz CT molecular complexity index is 455. The van der Waals surface area contributed by atoms with Gasteiger partial charge in [-0.2, -0.15) is 13.2 Å². The van der Waals surface area contributed by atoms with Crippen LogP contribution >= 0.6 is 0 Å². The van der Waals surface area contributed by atoms with Crippen molar-refractivity contribution in [3.8, 4) is 0 Å². The molecule has 112 valence electrons. The highest BCUT2D eigenvalue weighted by atomic mass is 19.4. The summed E-state index contributed by atoms with van der Waals surface area (Å²) in [4.78, 5) is 0. The van der Waals surface area contributed by atoms with E-state index in [4.69, 9.17) is 4.74 Å². The molecule has 1 heterocycles. The molecule has 1 N–H and O–H groups in total. The molecule has 1 aliphatic rings. The van der Waals surface area contributed by atoms with Crippen molar-refractivity contribution in [2.45, 2.75) is 32.1 Å². The van der Waals surface area contributed by atoms with Gasteiger partial charge in [0.15, 0.2) is 0 Å². The van der Waals surface area contributed by atoms with Gasteiger partial charge in [0.2, 0.25) is 0 Å². The number of benzene rings is 1. The Morgan fingerprint density at radius 3 is 2.75 bits per heavy atom. The van der Waals surface area contributed by atoms with E-state index in [0.29, 0.717) is 25.2 Å². The van der Waals surface area contributed by atoms with Crippen LogP contribution in [0.5, 0.6) is 0 Å². The van der Waals surface area contributed by atoms with E-state index >= 15 is 0 Å². The predicted molar refractivity (Wildman–Crippen MR) is 66.6 cm³/mol. The lowest BCUT2D eigenvalue weighted by atomic mass is 10.00. The average Bonchev–Trinajstić information content (AvgIpc) is 2.89. The van der Waals surface area contributed by atoms with Crippen LogP contribution in [0.15, 0.2) is 18.2 Å². The number of hydrogen-bond donors (Lipinski definition) is 1. The van der Waals surface area contributed by atoms with Gasteiger partial charge in [0.1, 0.15) is 5.82 Å². The van der Waals surface area contributed by atoms with E-state index in [0.717, 1.165) is 12.5 Å². The van der Waals surface area contributed by atoms with Crippen LogP contribution in [0.1, 0.15) is 24.5 Å². The van der Waals surface area contributed by atoms with Gasteiger partial charge in [-0.3, -0.25) is 0 Å². The van der Waals surface area contributed by atoms with Crippen LogP contribution in [0.2, 0.25) is 0 Å². The molecule has 0 aliphatic carbocycles. The zero-order valence-corrected chi connectivity index (χ0v) is 11.1. The second-order valence-electron chi connectivity index (χ2n) is 5.09. The van der Waals surface area contributed by atoms with E-state index < -0.39 is 17.6 Å². The first-order chi connectivity index (χ1) is 9.38. The van der Waals surface area contributed by atoms with Crippen molar-refractivity contribution in [2.24, 2.45) is 5.92 Å². The van der Waals surface area contributed by atoms with E-state index in [-0.39, 0.29) is 18.2 Å². The van der Waals surface area contributed by atoms with Gasteiger partial charge in [0.25, 0.3) is 0 Å². The Labute approximate surface area is 115 Å². The van der Waals surface area contributed by atoms with Crippen molar-refractivity contribution < 1.29 is 22.3 Å². The van der Waals surface area contributed by atoms with Crippen LogP contribution in [-0.2, 0) is 17.5 Å². The zero-order valence-electron chi connectivity index (χ0n) is 11.1. The first-order valence-electron chi connectivity index (χ1n) is 6.54. The summed E-state index contributed by atoms with van der Waals surface area (Å²) in [5.74, 6) is -0.567. The Kier molecular flexibility index (Phi) is 4.65. The van der Waals surface area contributed by atoms with E-state index in [2.05, 4.69) is 5.32 Å². The fraction of sp³-hybridized carbons (Fsp3) is 0.571. The SMILES string of the molecule is CC(NCc1ccc(F)cc1C(F)(F)F)C1CCOC1. The molecule has 2 unspecified atom stereocenters. The highest BCUT2D eigenvalue weighted by molar-refractivity contribution is 5.30. The highest BCUT2D eigenvalue weighted by Crippen LogP contribution is 2.32. The summed E-state index contributed by atoms with van der Waals surface area (Å²) >= 11 is 0. The molecular formula is C14H17F4NO. The van der Waals surface area contributed by atoms with Crippen LogP contribution in [0.25, 0.3) is 0 Å². The summed E-state index contributed by atoms with van der Waals surface area (Å²) in [7, 11) is 0. The quantitative estimate of drug-likeness (QED) is 0.859. The van der Waals surface area contributed by atoms with Crippen LogP contribution < -0.4 is 5.32 Å². The maximum absolute atomic E-state index is 13.0.